The Morgan fingerprint density at radius 2 is 1.87 bits per heavy atom. The lowest BCUT2D eigenvalue weighted by Gasteiger charge is -2.16. The number of nitrogens with zero attached hydrogens (tertiary/aromatic N) is 1. The van der Waals surface area contributed by atoms with Gasteiger partial charge in [0.15, 0.2) is 0 Å². The van der Waals surface area contributed by atoms with Crippen molar-refractivity contribution in [2.75, 3.05) is 10.2 Å². The zero-order valence-electron chi connectivity index (χ0n) is 13.2. The lowest BCUT2D eigenvalue weighted by molar-refractivity contribution is -0.116. The van der Waals surface area contributed by atoms with Crippen LogP contribution in [0.3, 0.4) is 0 Å². The summed E-state index contributed by atoms with van der Waals surface area (Å²) in [6.07, 6.45) is 2.44. The third-order valence-electron chi connectivity index (χ3n) is 4.04. The molecule has 0 atom stereocenters. The van der Waals surface area contributed by atoms with Gasteiger partial charge in [-0.1, -0.05) is 31.5 Å². The SMILES string of the molecule is CCCCC(=O)Nc1ccc(N2Cc3ccccc3C2=O)cc1. The molecule has 2 amide bonds. The molecule has 1 aliphatic heterocycles. The fraction of sp³-hybridized carbons (Fsp3) is 0.263. The largest absolute Gasteiger partial charge is 0.326 e. The molecule has 0 bridgehead atoms. The molecule has 2 aromatic rings. The average molecular weight is 308 g/mol. The number of hydrogen-bond donors (Lipinski definition) is 1. The summed E-state index contributed by atoms with van der Waals surface area (Å²) in [7, 11) is 0. The van der Waals surface area contributed by atoms with Gasteiger partial charge < -0.3 is 10.2 Å². The van der Waals surface area contributed by atoms with Gasteiger partial charge in [-0.2, -0.15) is 0 Å². The summed E-state index contributed by atoms with van der Waals surface area (Å²) in [5.41, 5.74) is 3.43. The summed E-state index contributed by atoms with van der Waals surface area (Å²) in [6.45, 7) is 2.66. The number of anilines is 2. The highest BCUT2D eigenvalue weighted by Gasteiger charge is 2.27. The van der Waals surface area contributed by atoms with Crippen molar-refractivity contribution in [1.29, 1.82) is 0 Å². The van der Waals surface area contributed by atoms with E-state index in [0.717, 1.165) is 35.3 Å². The minimum Gasteiger partial charge on any atom is -0.326 e. The molecule has 1 N–H and O–H groups in total. The predicted octanol–water partition coefficient (Wildman–Crippen LogP) is 3.98. The van der Waals surface area contributed by atoms with Crippen LogP contribution < -0.4 is 10.2 Å². The number of rotatable bonds is 5. The summed E-state index contributed by atoms with van der Waals surface area (Å²) < 4.78 is 0. The first kappa shape index (κ1) is 15.3. The second-order valence-corrected chi connectivity index (χ2v) is 5.75. The van der Waals surface area contributed by atoms with E-state index in [0.29, 0.717) is 13.0 Å². The second-order valence-electron chi connectivity index (χ2n) is 5.75. The van der Waals surface area contributed by atoms with Gasteiger partial charge in [-0.3, -0.25) is 9.59 Å². The fourth-order valence-electron chi connectivity index (χ4n) is 2.75. The van der Waals surface area contributed by atoms with Gasteiger partial charge in [0, 0.05) is 23.4 Å². The first-order chi connectivity index (χ1) is 11.2. The quantitative estimate of drug-likeness (QED) is 0.908. The van der Waals surface area contributed by atoms with E-state index >= 15 is 0 Å². The molecule has 0 unspecified atom stereocenters. The Morgan fingerprint density at radius 1 is 1.13 bits per heavy atom. The Morgan fingerprint density at radius 3 is 2.57 bits per heavy atom. The molecule has 4 heteroatoms. The summed E-state index contributed by atoms with van der Waals surface area (Å²) >= 11 is 0. The molecule has 0 radical (unpaired) electrons. The zero-order valence-corrected chi connectivity index (χ0v) is 13.2. The summed E-state index contributed by atoms with van der Waals surface area (Å²) in [5, 5.41) is 2.88. The minimum atomic E-state index is 0.0281. The summed E-state index contributed by atoms with van der Waals surface area (Å²) in [5.74, 6) is 0.0598. The second kappa shape index (κ2) is 6.65. The fourth-order valence-corrected chi connectivity index (χ4v) is 2.75. The number of fused-ring (bicyclic) bond motifs is 1. The predicted molar refractivity (Wildman–Crippen MR) is 91.6 cm³/mol. The van der Waals surface area contributed by atoms with Crippen LogP contribution in [0.1, 0.15) is 42.1 Å². The van der Waals surface area contributed by atoms with Crippen LogP contribution in [0.25, 0.3) is 0 Å². The highest BCUT2D eigenvalue weighted by molar-refractivity contribution is 6.10. The van der Waals surface area contributed by atoms with E-state index in [-0.39, 0.29) is 11.8 Å². The van der Waals surface area contributed by atoms with Gasteiger partial charge in [-0.05, 0) is 42.3 Å². The molecule has 0 aromatic heterocycles. The van der Waals surface area contributed by atoms with E-state index in [1.165, 1.54) is 0 Å². The maximum Gasteiger partial charge on any atom is 0.258 e. The number of unbranched alkanes of at least 4 members (excludes halogenated alkanes) is 1. The number of hydrogen-bond acceptors (Lipinski definition) is 2. The first-order valence-corrected chi connectivity index (χ1v) is 7.98. The lowest BCUT2D eigenvalue weighted by atomic mass is 10.1. The minimum absolute atomic E-state index is 0.0281. The van der Waals surface area contributed by atoms with Gasteiger partial charge >= 0.3 is 0 Å². The van der Waals surface area contributed by atoms with Crippen molar-refractivity contribution in [2.24, 2.45) is 0 Å². The summed E-state index contributed by atoms with van der Waals surface area (Å²) in [6, 6.07) is 15.1. The van der Waals surface area contributed by atoms with E-state index in [1.807, 2.05) is 48.5 Å². The van der Waals surface area contributed by atoms with Gasteiger partial charge in [-0.25, -0.2) is 0 Å². The standard InChI is InChI=1S/C19H20N2O2/c1-2-3-8-18(22)20-15-9-11-16(12-10-15)21-13-14-6-4-5-7-17(14)19(21)23/h4-7,9-12H,2-3,8,13H2,1H3,(H,20,22). The van der Waals surface area contributed by atoms with E-state index in [1.54, 1.807) is 4.90 Å². The van der Waals surface area contributed by atoms with Crippen molar-refractivity contribution in [2.45, 2.75) is 32.7 Å². The molecule has 1 heterocycles. The van der Waals surface area contributed by atoms with E-state index in [4.69, 9.17) is 0 Å². The third-order valence-corrected chi connectivity index (χ3v) is 4.04. The first-order valence-electron chi connectivity index (χ1n) is 7.98. The van der Waals surface area contributed by atoms with E-state index in [2.05, 4.69) is 12.2 Å². The topological polar surface area (TPSA) is 49.4 Å². The normalized spacial score (nSPS) is 13.1. The van der Waals surface area contributed by atoms with Gasteiger partial charge in [-0.15, -0.1) is 0 Å². The maximum atomic E-state index is 12.4. The molecule has 1 aliphatic rings. The van der Waals surface area contributed by atoms with Crippen LogP contribution in [-0.4, -0.2) is 11.8 Å². The molecule has 4 nitrogen and oxygen atoms in total. The van der Waals surface area contributed by atoms with Crippen molar-refractivity contribution in [3.63, 3.8) is 0 Å². The molecule has 118 valence electrons. The molecule has 23 heavy (non-hydrogen) atoms. The molecule has 0 spiro atoms. The van der Waals surface area contributed by atoms with Crippen LogP contribution in [0.4, 0.5) is 11.4 Å². The Balaban J connectivity index is 1.69. The number of benzene rings is 2. The number of carbonyl (C=O) groups excluding carboxylic acids is 2. The van der Waals surface area contributed by atoms with Crippen LogP contribution >= 0.6 is 0 Å². The Kier molecular flexibility index (Phi) is 4.42. The van der Waals surface area contributed by atoms with Crippen LogP contribution in [0.5, 0.6) is 0 Å². The van der Waals surface area contributed by atoms with E-state index < -0.39 is 0 Å². The molecule has 0 saturated heterocycles. The van der Waals surface area contributed by atoms with Crippen LogP contribution in [-0.2, 0) is 11.3 Å². The molecule has 0 aliphatic carbocycles. The smallest absolute Gasteiger partial charge is 0.258 e. The van der Waals surface area contributed by atoms with Crippen LogP contribution in [0, 0.1) is 0 Å². The van der Waals surface area contributed by atoms with Gasteiger partial charge in [0.05, 0.1) is 6.54 Å². The van der Waals surface area contributed by atoms with Crippen molar-refractivity contribution in [1.82, 2.24) is 0 Å². The molecular weight excluding hydrogens is 288 g/mol. The molecule has 0 fully saturated rings. The molecule has 2 aromatic carbocycles. The molecular formula is C19H20N2O2. The third kappa shape index (κ3) is 3.26. The van der Waals surface area contributed by atoms with Crippen molar-refractivity contribution >= 4 is 23.2 Å². The average Bonchev–Trinajstić information content (AvgIpc) is 2.91. The summed E-state index contributed by atoms with van der Waals surface area (Å²) in [4.78, 5) is 25.9. The highest BCUT2D eigenvalue weighted by atomic mass is 16.2. The Hall–Kier alpha value is -2.62. The van der Waals surface area contributed by atoms with Crippen LogP contribution in [0.15, 0.2) is 48.5 Å². The highest BCUT2D eigenvalue weighted by Crippen LogP contribution is 2.28. The lowest BCUT2D eigenvalue weighted by Crippen LogP contribution is -2.22. The monoisotopic (exact) mass is 308 g/mol. The zero-order chi connectivity index (χ0) is 16.2. The Bertz CT molecular complexity index is 722. The maximum absolute atomic E-state index is 12.4. The molecule has 3 rings (SSSR count). The van der Waals surface area contributed by atoms with Crippen molar-refractivity contribution in [3.8, 4) is 0 Å². The van der Waals surface area contributed by atoms with Gasteiger partial charge in [0.25, 0.3) is 5.91 Å². The Labute approximate surface area is 136 Å². The number of carbonyl (C=O) groups is 2. The number of nitrogens with one attached hydrogen (secondary N) is 1. The molecule has 0 saturated carbocycles. The van der Waals surface area contributed by atoms with Gasteiger partial charge in [0.2, 0.25) is 5.91 Å². The van der Waals surface area contributed by atoms with Crippen LogP contribution in [0.2, 0.25) is 0 Å². The van der Waals surface area contributed by atoms with Crippen molar-refractivity contribution in [3.05, 3.63) is 59.7 Å². The van der Waals surface area contributed by atoms with Crippen molar-refractivity contribution < 1.29 is 9.59 Å². The number of amides is 2. The van der Waals surface area contributed by atoms with Gasteiger partial charge in [0.1, 0.15) is 0 Å². The van der Waals surface area contributed by atoms with E-state index in [9.17, 15) is 9.59 Å².